The maximum Gasteiger partial charge on any atom is 0.237 e. The lowest BCUT2D eigenvalue weighted by Crippen LogP contribution is -2.31. The highest BCUT2D eigenvalue weighted by atomic mass is 32.2. The highest BCUT2D eigenvalue weighted by Gasteiger charge is 2.27. The normalized spacial score (nSPS) is 17.3. The van der Waals surface area contributed by atoms with Crippen LogP contribution in [0.5, 0.6) is 11.6 Å². The van der Waals surface area contributed by atoms with Gasteiger partial charge >= 0.3 is 0 Å². The van der Waals surface area contributed by atoms with Crippen LogP contribution in [0.3, 0.4) is 0 Å². The standard InChI is InChI=1S/C30H30F3N5O3S/c1-38(2)21-12-10-20(11-13-21)29-34-16-14-24(36-29)22-9-6-15-35-30(22)41-25-17-23(31)28(27(33)26(25)32)37-42(39,40)18-19-7-4-3-5-8-19/h3-9,14-17,20-21,37H,10-13,18H2,1-2H3. The first-order valence-electron chi connectivity index (χ1n) is 13.5. The molecule has 0 radical (unpaired) electrons. The second-order valence-electron chi connectivity index (χ2n) is 10.4. The number of anilines is 1. The number of sulfonamides is 1. The first kappa shape index (κ1) is 29.5. The van der Waals surface area contributed by atoms with E-state index >= 15 is 4.39 Å². The van der Waals surface area contributed by atoms with Gasteiger partial charge in [-0.25, -0.2) is 32.2 Å². The first-order valence-corrected chi connectivity index (χ1v) is 15.1. The van der Waals surface area contributed by atoms with Gasteiger partial charge in [0.2, 0.25) is 21.7 Å². The molecule has 1 aliphatic rings. The molecule has 1 fully saturated rings. The van der Waals surface area contributed by atoms with Crippen molar-refractivity contribution in [2.24, 2.45) is 0 Å². The zero-order valence-electron chi connectivity index (χ0n) is 23.1. The quantitative estimate of drug-likeness (QED) is 0.227. The third kappa shape index (κ3) is 6.71. The molecule has 4 aromatic rings. The van der Waals surface area contributed by atoms with Crippen LogP contribution < -0.4 is 9.46 Å². The van der Waals surface area contributed by atoms with Gasteiger partial charge in [0.25, 0.3) is 0 Å². The lowest BCUT2D eigenvalue weighted by Gasteiger charge is -2.32. The van der Waals surface area contributed by atoms with Crippen molar-refractivity contribution >= 4 is 15.7 Å². The lowest BCUT2D eigenvalue weighted by molar-refractivity contribution is 0.214. The van der Waals surface area contributed by atoms with Crippen LogP contribution in [0.2, 0.25) is 0 Å². The van der Waals surface area contributed by atoms with Gasteiger partial charge in [0, 0.05) is 30.4 Å². The molecular formula is C30H30F3N5O3S. The number of ether oxygens (including phenoxy) is 1. The van der Waals surface area contributed by atoms with Crippen molar-refractivity contribution in [3.05, 3.63) is 95.8 Å². The minimum atomic E-state index is -4.25. The van der Waals surface area contributed by atoms with Crippen LogP contribution in [0.15, 0.2) is 67.0 Å². The van der Waals surface area contributed by atoms with Crippen molar-refractivity contribution in [3.8, 4) is 22.9 Å². The molecule has 0 saturated heterocycles. The fourth-order valence-corrected chi connectivity index (χ4v) is 6.27. The summed E-state index contributed by atoms with van der Waals surface area (Å²) in [5, 5.41) is 0. The molecule has 0 bridgehead atoms. The molecule has 12 heteroatoms. The number of rotatable bonds is 9. The van der Waals surface area contributed by atoms with Gasteiger partial charge in [-0.05, 0) is 63.5 Å². The van der Waals surface area contributed by atoms with E-state index in [2.05, 4.69) is 29.0 Å². The molecule has 2 aromatic carbocycles. The third-order valence-corrected chi connectivity index (χ3v) is 8.53. The van der Waals surface area contributed by atoms with Crippen LogP contribution in [0.25, 0.3) is 11.3 Å². The lowest BCUT2D eigenvalue weighted by atomic mass is 9.85. The molecule has 220 valence electrons. The zero-order chi connectivity index (χ0) is 29.9. The number of nitrogens with zero attached hydrogens (tertiary/aromatic N) is 4. The highest BCUT2D eigenvalue weighted by Crippen LogP contribution is 2.37. The van der Waals surface area contributed by atoms with Crippen molar-refractivity contribution in [3.63, 3.8) is 0 Å². The Bertz CT molecular complexity index is 1660. The summed E-state index contributed by atoms with van der Waals surface area (Å²) < 4.78 is 77.5. The average molecular weight is 598 g/mol. The summed E-state index contributed by atoms with van der Waals surface area (Å²) >= 11 is 0. The maximum atomic E-state index is 15.1. The smallest absolute Gasteiger partial charge is 0.237 e. The van der Waals surface area contributed by atoms with Crippen molar-refractivity contribution in [2.45, 2.75) is 43.4 Å². The molecule has 8 nitrogen and oxygen atoms in total. The Kier molecular flexibility index (Phi) is 8.74. The Morgan fingerprint density at radius 1 is 0.929 bits per heavy atom. The number of aromatic nitrogens is 3. The van der Waals surface area contributed by atoms with Gasteiger partial charge in [-0.2, -0.15) is 4.39 Å². The van der Waals surface area contributed by atoms with Gasteiger partial charge in [-0.15, -0.1) is 0 Å². The predicted molar refractivity (Wildman–Crippen MR) is 153 cm³/mol. The number of halogens is 3. The van der Waals surface area contributed by atoms with E-state index in [9.17, 15) is 17.2 Å². The maximum absolute atomic E-state index is 15.1. The summed E-state index contributed by atoms with van der Waals surface area (Å²) in [6.45, 7) is 0. The minimum Gasteiger partial charge on any atom is -0.435 e. The molecule has 42 heavy (non-hydrogen) atoms. The Morgan fingerprint density at radius 2 is 1.67 bits per heavy atom. The highest BCUT2D eigenvalue weighted by molar-refractivity contribution is 7.91. The SMILES string of the molecule is CN(C)C1CCC(c2nccc(-c3cccnc3Oc3cc(F)c(NS(=O)(=O)Cc4ccccc4)c(F)c3F)n2)CC1. The first-order chi connectivity index (χ1) is 20.1. The average Bonchev–Trinajstić information content (AvgIpc) is 2.99. The molecule has 2 aromatic heterocycles. The van der Waals surface area contributed by atoms with Crippen molar-refractivity contribution in [2.75, 3.05) is 18.8 Å². The van der Waals surface area contributed by atoms with Crippen molar-refractivity contribution in [1.29, 1.82) is 0 Å². The van der Waals surface area contributed by atoms with E-state index in [1.54, 1.807) is 54.7 Å². The monoisotopic (exact) mass is 597 g/mol. The van der Waals surface area contributed by atoms with E-state index in [0.29, 0.717) is 34.8 Å². The largest absolute Gasteiger partial charge is 0.435 e. The minimum absolute atomic E-state index is 0.131. The summed E-state index contributed by atoms with van der Waals surface area (Å²) in [4.78, 5) is 15.6. The fourth-order valence-electron chi connectivity index (χ4n) is 5.07. The molecule has 1 N–H and O–H groups in total. The summed E-state index contributed by atoms with van der Waals surface area (Å²) in [5.74, 6) is -5.29. The number of benzene rings is 2. The predicted octanol–water partition coefficient (Wildman–Crippen LogP) is 6.28. The number of pyridine rings is 1. The van der Waals surface area contributed by atoms with E-state index in [4.69, 9.17) is 9.72 Å². The molecule has 0 aliphatic heterocycles. The second kappa shape index (κ2) is 12.5. The van der Waals surface area contributed by atoms with Crippen LogP contribution in [0.4, 0.5) is 18.9 Å². The summed E-state index contributed by atoms with van der Waals surface area (Å²) in [7, 11) is -0.103. The summed E-state index contributed by atoms with van der Waals surface area (Å²) in [5.41, 5.74) is 0.0879. The fraction of sp³-hybridized carbons (Fsp3) is 0.300. The molecule has 1 aliphatic carbocycles. The van der Waals surface area contributed by atoms with Gasteiger partial charge in [-0.3, -0.25) is 4.72 Å². The molecule has 1 saturated carbocycles. The van der Waals surface area contributed by atoms with Crippen molar-refractivity contribution < 1.29 is 26.3 Å². The molecule has 0 amide bonds. The Hall–Kier alpha value is -4.03. The molecule has 2 heterocycles. The topological polar surface area (TPSA) is 97.3 Å². The van der Waals surface area contributed by atoms with Gasteiger partial charge in [0.15, 0.2) is 17.4 Å². The molecule has 0 spiro atoms. The Morgan fingerprint density at radius 3 is 2.38 bits per heavy atom. The van der Waals surface area contributed by atoms with Gasteiger partial charge < -0.3 is 9.64 Å². The van der Waals surface area contributed by atoms with Gasteiger partial charge in [-0.1, -0.05) is 30.3 Å². The van der Waals surface area contributed by atoms with Crippen LogP contribution in [0, 0.1) is 17.5 Å². The van der Waals surface area contributed by atoms with Crippen LogP contribution in [-0.4, -0.2) is 48.4 Å². The van der Waals surface area contributed by atoms with E-state index in [0.717, 1.165) is 25.7 Å². The third-order valence-electron chi connectivity index (χ3n) is 7.30. The van der Waals surface area contributed by atoms with Crippen LogP contribution in [-0.2, 0) is 15.8 Å². The number of nitrogens with one attached hydrogen (secondary N) is 1. The Labute approximate surface area is 242 Å². The van der Waals surface area contributed by atoms with E-state index in [-0.39, 0.29) is 11.8 Å². The number of hydrogen-bond donors (Lipinski definition) is 1. The van der Waals surface area contributed by atoms with E-state index in [1.165, 1.54) is 6.20 Å². The molecule has 0 unspecified atom stereocenters. The summed E-state index contributed by atoms with van der Waals surface area (Å²) in [6, 6.07) is 14.1. The van der Waals surface area contributed by atoms with E-state index < -0.39 is 44.7 Å². The van der Waals surface area contributed by atoms with Gasteiger partial charge in [0.05, 0.1) is 17.0 Å². The Balaban J connectivity index is 1.38. The van der Waals surface area contributed by atoms with Gasteiger partial charge in [0.1, 0.15) is 11.5 Å². The van der Waals surface area contributed by atoms with E-state index in [1.807, 2.05) is 4.72 Å². The second-order valence-corrected chi connectivity index (χ2v) is 12.2. The van der Waals surface area contributed by atoms with Crippen molar-refractivity contribution in [1.82, 2.24) is 19.9 Å². The van der Waals surface area contributed by atoms with Crippen LogP contribution in [0.1, 0.15) is 43.0 Å². The zero-order valence-corrected chi connectivity index (χ0v) is 23.9. The molecule has 0 atom stereocenters. The number of hydrogen-bond acceptors (Lipinski definition) is 7. The summed E-state index contributed by atoms with van der Waals surface area (Å²) in [6.07, 6.45) is 6.95. The molecular weight excluding hydrogens is 567 g/mol. The molecule has 5 rings (SSSR count). The van der Waals surface area contributed by atoms with Crippen LogP contribution >= 0.6 is 0 Å².